The van der Waals surface area contributed by atoms with Crippen LogP contribution in [0.25, 0.3) is 0 Å². The van der Waals surface area contributed by atoms with Crippen molar-refractivity contribution in [3.63, 3.8) is 0 Å². The highest BCUT2D eigenvalue weighted by atomic mass is 32.2. The Kier molecular flexibility index (Phi) is 4.55. The molecule has 0 radical (unpaired) electrons. The lowest BCUT2D eigenvalue weighted by Gasteiger charge is -2.32. The largest absolute Gasteiger partial charge is 0.368 e. The molecule has 2 rings (SSSR count). The third-order valence-electron chi connectivity index (χ3n) is 3.84. The third kappa shape index (κ3) is 3.14. The van der Waals surface area contributed by atoms with Crippen LogP contribution in [0.5, 0.6) is 0 Å². The van der Waals surface area contributed by atoms with E-state index >= 15 is 0 Å². The predicted octanol–water partition coefficient (Wildman–Crippen LogP) is 0.670. The Morgan fingerprint density at radius 1 is 1.32 bits per heavy atom. The third-order valence-corrected chi connectivity index (χ3v) is 5.65. The Balaban J connectivity index is 2.40. The van der Waals surface area contributed by atoms with Gasteiger partial charge in [0, 0.05) is 6.04 Å². The second-order valence-corrected chi connectivity index (χ2v) is 7.80. The van der Waals surface area contributed by atoms with Crippen molar-refractivity contribution in [3.05, 3.63) is 29.8 Å². The predicted molar refractivity (Wildman–Crippen MR) is 81.9 cm³/mol. The van der Waals surface area contributed by atoms with Gasteiger partial charge in [-0.1, -0.05) is 18.2 Å². The first kappa shape index (κ1) is 16.5. The fraction of sp³-hybridized carbons (Fsp3) is 0.467. The van der Waals surface area contributed by atoms with Crippen molar-refractivity contribution in [2.45, 2.75) is 37.1 Å². The number of sulfone groups is 1. The summed E-state index contributed by atoms with van der Waals surface area (Å²) in [5.74, 6) is -1.46. The van der Waals surface area contributed by atoms with Crippen molar-refractivity contribution in [2.24, 2.45) is 5.73 Å². The van der Waals surface area contributed by atoms with Crippen LogP contribution in [0.2, 0.25) is 0 Å². The van der Waals surface area contributed by atoms with E-state index in [1.54, 1.807) is 32.0 Å². The van der Waals surface area contributed by atoms with E-state index in [1.807, 2.05) is 0 Å². The van der Waals surface area contributed by atoms with E-state index in [-0.39, 0.29) is 35.6 Å². The van der Waals surface area contributed by atoms with Crippen molar-refractivity contribution >= 4 is 21.7 Å². The number of hydrogen-bond acceptors (Lipinski definition) is 4. The maximum absolute atomic E-state index is 12.8. The Hall–Kier alpha value is -1.89. The molecule has 0 saturated heterocycles. The van der Waals surface area contributed by atoms with E-state index < -0.39 is 21.7 Å². The zero-order chi connectivity index (χ0) is 16.5. The number of nitrogens with two attached hydrogens (primary N) is 1. The van der Waals surface area contributed by atoms with Gasteiger partial charge in [-0.15, -0.1) is 0 Å². The highest BCUT2D eigenvalue weighted by Crippen LogP contribution is 2.35. The molecule has 0 aliphatic carbocycles. The first-order valence-corrected chi connectivity index (χ1v) is 8.79. The summed E-state index contributed by atoms with van der Waals surface area (Å²) in [6.07, 6.45) is 0.222. The molecule has 22 heavy (non-hydrogen) atoms. The molecule has 1 aliphatic rings. The minimum Gasteiger partial charge on any atom is -0.368 e. The molecule has 2 N–H and O–H groups in total. The van der Waals surface area contributed by atoms with Crippen molar-refractivity contribution in [3.8, 4) is 0 Å². The molecule has 1 atom stereocenters. The average molecular weight is 324 g/mol. The summed E-state index contributed by atoms with van der Waals surface area (Å²) in [6.45, 7) is 3.43. The minimum absolute atomic E-state index is 0.0665. The molecule has 0 saturated carbocycles. The van der Waals surface area contributed by atoms with Gasteiger partial charge in [-0.05, 0) is 31.9 Å². The maximum Gasteiger partial charge on any atom is 0.237 e. The quantitative estimate of drug-likeness (QED) is 0.880. The molecule has 1 aromatic rings. The summed E-state index contributed by atoms with van der Waals surface area (Å²) < 4.78 is 24.2. The first-order chi connectivity index (χ1) is 10.2. The van der Waals surface area contributed by atoms with Gasteiger partial charge in [0.15, 0.2) is 9.84 Å². The van der Waals surface area contributed by atoms with Crippen LogP contribution in [0, 0.1) is 0 Å². The molecular weight excluding hydrogens is 304 g/mol. The van der Waals surface area contributed by atoms with E-state index in [0.29, 0.717) is 5.56 Å². The number of primary amides is 1. The zero-order valence-corrected chi connectivity index (χ0v) is 13.5. The monoisotopic (exact) mass is 324 g/mol. The molecule has 0 spiro atoms. The van der Waals surface area contributed by atoms with Gasteiger partial charge in [-0.3, -0.25) is 9.59 Å². The fourth-order valence-electron chi connectivity index (χ4n) is 2.73. The maximum atomic E-state index is 12.8. The number of benzene rings is 1. The average Bonchev–Trinajstić information content (AvgIpc) is 2.44. The van der Waals surface area contributed by atoms with Crippen molar-refractivity contribution < 1.29 is 18.0 Å². The topological polar surface area (TPSA) is 97.5 Å². The summed E-state index contributed by atoms with van der Waals surface area (Å²) in [6, 6.07) is 6.36. The summed E-state index contributed by atoms with van der Waals surface area (Å²) >= 11 is 0. The highest BCUT2D eigenvalue weighted by molar-refractivity contribution is 7.91. The summed E-state index contributed by atoms with van der Waals surface area (Å²) in [7, 11) is -3.34. The van der Waals surface area contributed by atoms with Crippen LogP contribution in [0.15, 0.2) is 29.2 Å². The fourth-order valence-corrected chi connectivity index (χ4v) is 4.35. The smallest absolute Gasteiger partial charge is 0.237 e. The number of carbonyl (C=O) groups is 2. The lowest BCUT2D eigenvalue weighted by molar-refractivity contribution is -0.138. The Morgan fingerprint density at radius 3 is 2.55 bits per heavy atom. The van der Waals surface area contributed by atoms with Gasteiger partial charge in [0.1, 0.15) is 0 Å². The molecule has 1 aromatic carbocycles. The van der Waals surface area contributed by atoms with Crippen LogP contribution in [0.1, 0.15) is 31.7 Å². The molecule has 0 aromatic heterocycles. The Labute approximate surface area is 130 Å². The number of rotatable bonds is 4. The van der Waals surface area contributed by atoms with Crippen LogP contribution in [-0.4, -0.2) is 43.5 Å². The van der Waals surface area contributed by atoms with Crippen molar-refractivity contribution in [2.75, 3.05) is 12.3 Å². The molecular formula is C15H20N2O4S. The molecule has 6 nitrogen and oxygen atoms in total. The zero-order valence-electron chi connectivity index (χ0n) is 12.7. The van der Waals surface area contributed by atoms with E-state index in [4.69, 9.17) is 5.73 Å². The second kappa shape index (κ2) is 6.08. The molecule has 1 aliphatic heterocycles. The van der Waals surface area contributed by atoms with Gasteiger partial charge in [0.25, 0.3) is 0 Å². The van der Waals surface area contributed by atoms with Crippen LogP contribution in [0.3, 0.4) is 0 Å². The normalized spacial score (nSPS) is 19.5. The summed E-state index contributed by atoms with van der Waals surface area (Å²) in [5, 5.41) is 0. The van der Waals surface area contributed by atoms with Gasteiger partial charge in [0.05, 0.1) is 23.1 Å². The van der Waals surface area contributed by atoms with Gasteiger partial charge in [-0.2, -0.15) is 0 Å². The van der Waals surface area contributed by atoms with Gasteiger partial charge in [0.2, 0.25) is 11.8 Å². The van der Waals surface area contributed by atoms with Gasteiger partial charge in [-0.25, -0.2) is 8.42 Å². The number of amides is 2. The van der Waals surface area contributed by atoms with E-state index in [9.17, 15) is 18.0 Å². The second-order valence-electron chi connectivity index (χ2n) is 5.72. The van der Waals surface area contributed by atoms with Gasteiger partial charge < -0.3 is 10.6 Å². The van der Waals surface area contributed by atoms with Crippen molar-refractivity contribution in [1.29, 1.82) is 0 Å². The Bertz CT molecular complexity index is 697. The molecule has 0 fully saturated rings. The Morgan fingerprint density at radius 2 is 1.95 bits per heavy atom. The molecule has 1 unspecified atom stereocenters. The first-order valence-electron chi connectivity index (χ1n) is 7.14. The van der Waals surface area contributed by atoms with Crippen LogP contribution in [0.4, 0.5) is 0 Å². The number of nitrogens with zero attached hydrogens (tertiary/aromatic N) is 1. The lowest BCUT2D eigenvalue weighted by Crippen LogP contribution is -2.46. The highest BCUT2D eigenvalue weighted by Gasteiger charge is 2.36. The van der Waals surface area contributed by atoms with Crippen molar-refractivity contribution in [1.82, 2.24) is 4.90 Å². The van der Waals surface area contributed by atoms with Crippen LogP contribution >= 0.6 is 0 Å². The molecule has 1 heterocycles. The molecule has 7 heteroatoms. The lowest BCUT2D eigenvalue weighted by atomic mass is 9.94. The molecule has 2 amide bonds. The van der Waals surface area contributed by atoms with E-state index in [0.717, 1.165) is 0 Å². The van der Waals surface area contributed by atoms with E-state index in [1.165, 1.54) is 11.0 Å². The van der Waals surface area contributed by atoms with Gasteiger partial charge >= 0.3 is 0 Å². The van der Waals surface area contributed by atoms with E-state index in [2.05, 4.69) is 0 Å². The number of carbonyl (C=O) groups excluding carboxylic acids is 2. The van der Waals surface area contributed by atoms with Crippen LogP contribution < -0.4 is 5.73 Å². The molecule has 120 valence electrons. The summed E-state index contributed by atoms with van der Waals surface area (Å²) in [5.41, 5.74) is 5.72. The number of hydrogen-bond donors (Lipinski definition) is 1. The number of fused-ring (bicyclic) bond motifs is 1. The standard InChI is InChI=1S/C15H20N2O4S/c1-10(2)17(9-14(16)18)15(19)12-7-8-22(20,21)13-6-4-3-5-11(12)13/h3-6,10,12H,7-9H2,1-2H3,(H2,16,18). The summed E-state index contributed by atoms with van der Waals surface area (Å²) in [4.78, 5) is 25.6. The SMILES string of the molecule is CC(C)N(CC(N)=O)C(=O)C1CCS(=O)(=O)c2ccccc21. The molecule has 0 bridgehead atoms. The minimum atomic E-state index is -3.34. The van der Waals surface area contributed by atoms with Crippen LogP contribution in [-0.2, 0) is 19.4 Å².